The molecule has 3 aliphatic heterocycles. The van der Waals surface area contributed by atoms with Crippen molar-refractivity contribution in [3.05, 3.63) is 91.6 Å². The van der Waals surface area contributed by atoms with Gasteiger partial charge in [-0.25, -0.2) is 0 Å². The predicted molar refractivity (Wildman–Crippen MR) is 181 cm³/mol. The molecule has 10 heteroatoms. The first-order valence-electron chi connectivity index (χ1n) is 15.5. The van der Waals surface area contributed by atoms with Crippen molar-refractivity contribution in [2.24, 2.45) is 5.92 Å². The van der Waals surface area contributed by atoms with Gasteiger partial charge in [-0.3, -0.25) is 19.1 Å². The molecule has 0 spiro atoms. The fourth-order valence-corrected chi connectivity index (χ4v) is 7.53. The highest BCUT2D eigenvalue weighted by atomic mass is 32.2. The zero-order valence-electron chi connectivity index (χ0n) is 25.6. The third-order valence-corrected chi connectivity index (χ3v) is 10.2. The minimum Gasteiger partial charge on any atom is -0.454 e. The van der Waals surface area contributed by atoms with E-state index in [1.807, 2.05) is 37.3 Å². The second-order valence-corrected chi connectivity index (χ2v) is 13.4. The Labute approximate surface area is 273 Å². The molecule has 1 aromatic heterocycles. The summed E-state index contributed by atoms with van der Waals surface area (Å²) in [6.45, 7) is 6.48. The van der Waals surface area contributed by atoms with Crippen LogP contribution >= 0.6 is 24.0 Å². The third-order valence-electron chi connectivity index (χ3n) is 8.79. The number of fused-ring (bicyclic) bond motifs is 1. The molecule has 2 aromatic carbocycles. The highest BCUT2D eigenvalue weighted by Crippen LogP contribution is 2.39. The molecule has 0 N–H and O–H groups in total. The second-order valence-electron chi connectivity index (χ2n) is 11.7. The summed E-state index contributed by atoms with van der Waals surface area (Å²) in [5, 5.41) is 10.1. The van der Waals surface area contributed by atoms with E-state index in [9.17, 15) is 14.9 Å². The van der Waals surface area contributed by atoms with Crippen molar-refractivity contribution in [2.75, 3.05) is 24.8 Å². The first-order chi connectivity index (χ1) is 21.9. The maximum Gasteiger partial charge on any atom is 0.270 e. The van der Waals surface area contributed by atoms with Gasteiger partial charge in [0.2, 0.25) is 6.79 Å². The number of amides is 1. The lowest BCUT2D eigenvalue weighted by atomic mass is 9.90. The average molecular weight is 641 g/mol. The normalized spacial score (nSPS) is 17.4. The maximum absolute atomic E-state index is 13.8. The van der Waals surface area contributed by atoms with E-state index in [0.717, 1.165) is 62.1 Å². The molecule has 232 valence electrons. The quantitative estimate of drug-likeness (QED) is 0.196. The van der Waals surface area contributed by atoms with Crippen LogP contribution in [-0.2, 0) is 24.3 Å². The molecule has 0 saturated carbocycles. The molecule has 2 fully saturated rings. The summed E-state index contributed by atoms with van der Waals surface area (Å²) in [6, 6.07) is 18.3. The highest BCUT2D eigenvalue weighted by Gasteiger charge is 2.34. The van der Waals surface area contributed by atoms with Crippen LogP contribution in [0.4, 0.5) is 5.82 Å². The molecule has 0 bridgehead atoms. The smallest absolute Gasteiger partial charge is 0.270 e. The SMILES string of the molecule is CCCCn1c(N2CCC(Cc3ccccc3)CC2)c(/C=C2/SC(=S)N(Cc3ccc4c(c3)OCO4)C2=O)c(C)c(C#N)c1=O. The molecule has 0 unspecified atom stereocenters. The molecule has 1 amide bonds. The van der Waals surface area contributed by atoms with Gasteiger partial charge in [-0.1, -0.05) is 73.7 Å². The van der Waals surface area contributed by atoms with E-state index >= 15 is 0 Å². The highest BCUT2D eigenvalue weighted by molar-refractivity contribution is 8.26. The van der Waals surface area contributed by atoms with Gasteiger partial charge in [-0.05, 0) is 73.4 Å². The van der Waals surface area contributed by atoms with Crippen molar-refractivity contribution in [1.29, 1.82) is 5.26 Å². The molecule has 3 aliphatic rings. The zero-order valence-corrected chi connectivity index (χ0v) is 27.2. The number of thiocarbonyl (C=S) groups is 1. The van der Waals surface area contributed by atoms with Gasteiger partial charge in [-0.2, -0.15) is 5.26 Å². The molecular weight excluding hydrogens is 605 g/mol. The maximum atomic E-state index is 13.8. The Morgan fingerprint density at radius 3 is 2.56 bits per heavy atom. The number of aromatic nitrogens is 1. The van der Waals surface area contributed by atoms with Crippen LogP contribution in [-0.4, -0.2) is 39.6 Å². The van der Waals surface area contributed by atoms with Crippen molar-refractivity contribution >= 4 is 46.1 Å². The van der Waals surface area contributed by atoms with Crippen LogP contribution in [0.1, 0.15) is 60.4 Å². The summed E-state index contributed by atoms with van der Waals surface area (Å²) >= 11 is 6.93. The fraction of sp³-hybridized carbons (Fsp3) is 0.371. The summed E-state index contributed by atoms with van der Waals surface area (Å²) in [7, 11) is 0. The molecule has 2 saturated heterocycles. The number of nitriles is 1. The largest absolute Gasteiger partial charge is 0.454 e. The number of pyridine rings is 1. The number of ether oxygens (including phenoxy) is 2. The number of carbonyl (C=O) groups is 1. The molecule has 0 atom stereocenters. The molecule has 45 heavy (non-hydrogen) atoms. The summed E-state index contributed by atoms with van der Waals surface area (Å²) in [4.78, 5) is 31.9. The van der Waals surface area contributed by atoms with E-state index in [0.29, 0.717) is 45.3 Å². The number of anilines is 1. The fourth-order valence-electron chi connectivity index (χ4n) is 6.29. The topological polar surface area (TPSA) is 87.8 Å². The zero-order chi connectivity index (χ0) is 31.5. The first-order valence-corrected chi connectivity index (χ1v) is 16.7. The van der Waals surface area contributed by atoms with E-state index in [1.165, 1.54) is 17.3 Å². The van der Waals surface area contributed by atoms with Gasteiger partial charge in [0.05, 0.1) is 11.4 Å². The summed E-state index contributed by atoms with van der Waals surface area (Å²) in [5.74, 6) is 2.49. The molecule has 0 radical (unpaired) electrons. The van der Waals surface area contributed by atoms with Gasteiger partial charge >= 0.3 is 0 Å². The van der Waals surface area contributed by atoms with Crippen LogP contribution in [0.2, 0.25) is 0 Å². The lowest BCUT2D eigenvalue weighted by molar-refractivity contribution is -0.122. The Morgan fingerprint density at radius 1 is 1.07 bits per heavy atom. The minimum absolute atomic E-state index is 0.121. The van der Waals surface area contributed by atoms with E-state index in [2.05, 4.69) is 42.2 Å². The number of carbonyl (C=O) groups excluding carboxylic acids is 1. The lowest BCUT2D eigenvalue weighted by Gasteiger charge is -2.36. The van der Waals surface area contributed by atoms with E-state index in [4.69, 9.17) is 21.7 Å². The number of hydrogen-bond donors (Lipinski definition) is 0. The Hall–Kier alpha value is -4.07. The number of rotatable bonds is 9. The average Bonchev–Trinajstić information content (AvgIpc) is 3.62. The second kappa shape index (κ2) is 13.5. The van der Waals surface area contributed by atoms with Gasteiger partial charge in [-0.15, -0.1) is 0 Å². The van der Waals surface area contributed by atoms with Gasteiger partial charge < -0.3 is 14.4 Å². The van der Waals surface area contributed by atoms with Crippen molar-refractivity contribution in [3.8, 4) is 17.6 Å². The first kappa shape index (κ1) is 30.9. The Bertz CT molecular complexity index is 1750. The van der Waals surface area contributed by atoms with Crippen molar-refractivity contribution in [2.45, 2.75) is 59.0 Å². The summed E-state index contributed by atoms with van der Waals surface area (Å²) in [5.41, 5.74) is 3.42. The number of unbranched alkanes of at least 4 members (excludes halogenated alkanes) is 1. The van der Waals surface area contributed by atoms with E-state index in [-0.39, 0.29) is 23.8 Å². The lowest BCUT2D eigenvalue weighted by Crippen LogP contribution is -2.40. The number of piperidine rings is 1. The van der Waals surface area contributed by atoms with Crippen LogP contribution in [0.5, 0.6) is 11.5 Å². The number of hydrogen-bond acceptors (Lipinski definition) is 8. The minimum atomic E-state index is -0.266. The van der Waals surface area contributed by atoms with E-state index < -0.39 is 0 Å². The Morgan fingerprint density at radius 2 is 1.82 bits per heavy atom. The number of thioether (sulfide) groups is 1. The molecule has 6 rings (SSSR count). The Kier molecular flexibility index (Phi) is 9.29. The monoisotopic (exact) mass is 640 g/mol. The predicted octanol–water partition coefficient (Wildman–Crippen LogP) is 6.42. The third kappa shape index (κ3) is 6.37. The van der Waals surface area contributed by atoms with Gasteiger partial charge in [0.25, 0.3) is 11.5 Å². The van der Waals surface area contributed by atoms with Gasteiger partial charge in [0, 0.05) is 25.2 Å². The summed E-state index contributed by atoms with van der Waals surface area (Å²) in [6.07, 6.45) is 6.59. The van der Waals surface area contributed by atoms with Crippen LogP contribution in [0.15, 0.2) is 58.2 Å². The van der Waals surface area contributed by atoms with Crippen LogP contribution in [0, 0.1) is 24.2 Å². The summed E-state index contributed by atoms with van der Waals surface area (Å²) < 4.78 is 13.2. The standard InChI is InChI=1S/C35H36N4O4S2/c1-3-4-14-38-32(37-15-12-25(13-16-37)17-24-8-6-5-7-9-24)27(23(2)28(20-36)33(38)40)19-31-34(41)39(35(44)45-31)21-26-10-11-29-30(18-26)43-22-42-29/h5-11,18-19,25H,3-4,12-17,21-22H2,1-2H3/b31-19+. The van der Waals surface area contributed by atoms with Gasteiger partial charge in [0.15, 0.2) is 11.5 Å². The van der Waals surface area contributed by atoms with Crippen molar-refractivity contribution in [1.82, 2.24) is 9.47 Å². The number of benzene rings is 2. The molecule has 8 nitrogen and oxygen atoms in total. The Balaban J connectivity index is 1.33. The van der Waals surface area contributed by atoms with Gasteiger partial charge in [0.1, 0.15) is 21.8 Å². The molecule has 4 heterocycles. The number of nitrogens with zero attached hydrogens (tertiary/aromatic N) is 4. The van der Waals surface area contributed by atoms with Crippen molar-refractivity contribution in [3.63, 3.8) is 0 Å². The molecule has 0 aliphatic carbocycles. The van der Waals surface area contributed by atoms with Crippen molar-refractivity contribution < 1.29 is 14.3 Å². The molecule has 3 aromatic rings. The molecular formula is C35H36N4O4S2. The van der Waals surface area contributed by atoms with Crippen LogP contribution in [0.25, 0.3) is 6.08 Å². The van der Waals surface area contributed by atoms with E-state index in [1.54, 1.807) is 9.47 Å². The van der Waals surface area contributed by atoms with Crippen LogP contribution < -0.4 is 19.9 Å². The van der Waals surface area contributed by atoms with Crippen LogP contribution in [0.3, 0.4) is 0 Å².